The van der Waals surface area contributed by atoms with Crippen molar-refractivity contribution in [2.75, 3.05) is 0 Å². The average molecular weight is 267 g/mol. The lowest BCUT2D eigenvalue weighted by molar-refractivity contribution is 0.516. The molecule has 2 heterocycles. The van der Waals surface area contributed by atoms with E-state index in [-0.39, 0.29) is 6.04 Å². The second kappa shape index (κ2) is 5.43. The van der Waals surface area contributed by atoms with E-state index in [0.29, 0.717) is 5.56 Å². The first-order valence-electron chi connectivity index (χ1n) is 6.92. The zero-order valence-electron chi connectivity index (χ0n) is 11.5. The lowest BCUT2D eigenvalue weighted by atomic mass is 10.1. The molecule has 0 bridgehead atoms. The molecular weight excluding hydrogens is 250 g/mol. The molecule has 0 amide bonds. The standard InChI is InChI=1S/C15H17N5/c1-11(15-19-18-14-3-2-8-20(14)15)17-10-13-6-4-12(9-16)5-7-13/h4-7,11,17H,2-3,8,10H2,1H3. The van der Waals surface area contributed by atoms with E-state index in [4.69, 9.17) is 5.26 Å². The number of aromatic nitrogens is 3. The van der Waals surface area contributed by atoms with Gasteiger partial charge in [-0.05, 0) is 31.0 Å². The Balaban J connectivity index is 1.64. The summed E-state index contributed by atoms with van der Waals surface area (Å²) in [4.78, 5) is 0. The third-order valence-corrected chi connectivity index (χ3v) is 3.72. The van der Waals surface area contributed by atoms with Crippen LogP contribution in [-0.2, 0) is 19.5 Å². The van der Waals surface area contributed by atoms with Gasteiger partial charge in [-0.3, -0.25) is 0 Å². The Bertz CT molecular complexity index is 635. The van der Waals surface area contributed by atoms with E-state index in [9.17, 15) is 0 Å². The highest BCUT2D eigenvalue weighted by Crippen LogP contribution is 2.19. The van der Waals surface area contributed by atoms with Gasteiger partial charge in [0.25, 0.3) is 0 Å². The van der Waals surface area contributed by atoms with Crippen LogP contribution in [-0.4, -0.2) is 14.8 Å². The molecule has 1 atom stereocenters. The zero-order valence-corrected chi connectivity index (χ0v) is 11.5. The van der Waals surface area contributed by atoms with Crippen LogP contribution < -0.4 is 5.32 Å². The molecule has 20 heavy (non-hydrogen) atoms. The Morgan fingerprint density at radius 3 is 2.90 bits per heavy atom. The predicted molar refractivity (Wildman–Crippen MR) is 74.8 cm³/mol. The lowest BCUT2D eigenvalue weighted by Crippen LogP contribution is -2.21. The topological polar surface area (TPSA) is 66.5 Å². The summed E-state index contributed by atoms with van der Waals surface area (Å²) in [5, 5.41) is 20.8. The van der Waals surface area contributed by atoms with Gasteiger partial charge in [0.15, 0.2) is 0 Å². The fourth-order valence-corrected chi connectivity index (χ4v) is 2.55. The molecule has 5 nitrogen and oxygen atoms in total. The van der Waals surface area contributed by atoms with Crippen molar-refractivity contribution in [2.45, 2.75) is 38.9 Å². The highest BCUT2D eigenvalue weighted by atomic mass is 15.3. The number of nitrogens with zero attached hydrogens (tertiary/aromatic N) is 4. The first-order chi connectivity index (χ1) is 9.78. The third-order valence-electron chi connectivity index (χ3n) is 3.72. The van der Waals surface area contributed by atoms with Crippen LogP contribution in [0.2, 0.25) is 0 Å². The Hall–Kier alpha value is -2.19. The summed E-state index contributed by atoms with van der Waals surface area (Å²) >= 11 is 0. The molecule has 0 fully saturated rings. The molecule has 1 aliphatic rings. The fourth-order valence-electron chi connectivity index (χ4n) is 2.55. The van der Waals surface area contributed by atoms with Gasteiger partial charge < -0.3 is 9.88 Å². The highest BCUT2D eigenvalue weighted by molar-refractivity contribution is 5.31. The SMILES string of the molecule is CC(NCc1ccc(C#N)cc1)c1nnc2n1CCC2. The van der Waals surface area contributed by atoms with Crippen molar-refractivity contribution in [2.24, 2.45) is 0 Å². The maximum Gasteiger partial charge on any atom is 0.149 e. The van der Waals surface area contributed by atoms with Crippen molar-refractivity contribution in [1.29, 1.82) is 5.26 Å². The van der Waals surface area contributed by atoms with E-state index in [2.05, 4.69) is 33.1 Å². The molecular formula is C15H17N5. The lowest BCUT2D eigenvalue weighted by Gasteiger charge is -2.13. The Kier molecular flexibility index (Phi) is 3.48. The maximum atomic E-state index is 8.78. The van der Waals surface area contributed by atoms with E-state index in [0.717, 1.165) is 36.7 Å². The number of nitriles is 1. The van der Waals surface area contributed by atoms with E-state index < -0.39 is 0 Å². The van der Waals surface area contributed by atoms with Crippen molar-refractivity contribution in [3.8, 4) is 6.07 Å². The van der Waals surface area contributed by atoms with Gasteiger partial charge in [0.1, 0.15) is 11.6 Å². The van der Waals surface area contributed by atoms with Crippen molar-refractivity contribution >= 4 is 0 Å². The van der Waals surface area contributed by atoms with Crippen LogP contribution in [0, 0.1) is 11.3 Å². The van der Waals surface area contributed by atoms with Crippen molar-refractivity contribution in [3.05, 3.63) is 47.0 Å². The molecule has 2 aromatic rings. The second-order valence-corrected chi connectivity index (χ2v) is 5.14. The van der Waals surface area contributed by atoms with Gasteiger partial charge in [0.05, 0.1) is 17.7 Å². The van der Waals surface area contributed by atoms with Crippen molar-refractivity contribution < 1.29 is 0 Å². The number of benzene rings is 1. The van der Waals surface area contributed by atoms with Crippen molar-refractivity contribution in [1.82, 2.24) is 20.1 Å². The van der Waals surface area contributed by atoms with Gasteiger partial charge >= 0.3 is 0 Å². The molecule has 0 radical (unpaired) electrons. The molecule has 102 valence electrons. The minimum Gasteiger partial charge on any atom is -0.314 e. The van der Waals surface area contributed by atoms with Crippen LogP contribution in [0.3, 0.4) is 0 Å². The molecule has 1 unspecified atom stereocenters. The van der Waals surface area contributed by atoms with E-state index in [1.54, 1.807) is 0 Å². The Labute approximate surface area is 118 Å². The molecule has 0 spiro atoms. The van der Waals surface area contributed by atoms with Gasteiger partial charge in [-0.15, -0.1) is 10.2 Å². The van der Waals surface area contributed by atoms with E-state index in [1.165, 1.54) is 6.42 Å². The monoisotopic (exact) mass is 267 g/mol. The van der Waals surface area contributed by atoms with Gasteiger partial charge in [-0.2, -0.15) is 5.26 Å². The van der Waals surface area contributed by atoms with Crippen LogP contribution in [0.1, 0.15) is 42.2 Å². The molecule has 5 heteroatoms. The van der Waals surface area contributed by atoms with Crippen LogP contribution in [0.5, 0.6) is 0 Å². The van der Waals surface area contributed by atoms with Gasteiger partial charge in [-0.25, -0.2) is 0 Å². The summed E-state index contributed by atoms with van der Waals surface area (Å²) < 4.78 is 2.22. The molecule has 0 aliphatic carbocycles. The Morgan fingerprint density at radius 1 is 1.35 bits per heavy atom. The van der Waals surface area contributed by atoms with Gasteiger partial charge in [0, 0.05) is 19.5 Å². The molecule has 1 aromatic carbocycles. The normalized spacial score (nSPS) is 14.8. The molecule has 1 N–H and O–H groups in total. The van der Waals surface area contributed by atoms with Crippen LogP contribution in [0.4, 0.5) is 0 Å². The van der Waals surface area contributed by atoms with Crippen LogP contribution in [0.15, 0.2) is 24.3 Å². The minimum absolute atomic E-state index is 0.171. The number of nitrogens with one attached hydrogen (secondary N) is 1. The number of rotatable bonds is 4. The average Bonchev–Trinajstić information content (AvgIpc) is 3.08. The largest absolute Gasteiger partial charge is 0.314 e. The number of fused-ring (bicyclic) bond motifs is 1. The number of aryl methyl sites for hydroxylation is 1. The zero-order chi connectivity index (χ0) is 13.9. The van der Waals surface area contributed by atoms with E-state index in [1.807, 2.05) is 24.3 Å². The molecule has 0 saturated carbocycles. The molecule has 3 rings (SSSR count). The summed E-state index contributed by atoms with van der Waals surface area (Å²) in [7, 11) is 0. The fraction of sp³-hybridized carbons (Fsp3) is 0.400. The summed E-state index contributed by atoms with van der Waals surface area (Å²) in [5.74, 6) is 2.12. The van der Waals surface area contributed by atoms with Crippen molar-refractivity contribution in [3.63, 3.8) is 0 Å². The maximum absolute atomic E-state index is 8.78. The predicted octanol–water partition coefficient (Wildman–Crippen LogP) is 1.95. The molecule has 1 aromatic heterocycles. The second-order valence-electron chi connectivity index (χ2n) is 5.14. The Morgan fingerprint density at radius 2 is 2.15 bits per heavy atom. The highest BCUT2D eigenvalue weighted by Gasteiger charge is 2.20. The molecule has 0 saturated heterocycles. The van der Waals surface area contributed by atoms with Crippen LogP contribution >= 0.6 is 0 Å². The number of hydrogen-bond donors (Lipinski definition) is 1. The van der Waals surface area contributed by atoms with Gasteiger partial charge in [-0.1, -0.05) is 12.1 Å². The first kappa shape index (κ1) is 12.8. The summed E-state index contributed by atoms with van der Waals surface area (Å²) in [5.41, 5.74) is 1.86. The van der Waals surface area contributed by atoms with E-state index >= 15 is 0 Å². The smallest absolute Gasteiger partial charge is 0.149 e. The number of hydrogen-bond acceptors (Lipinski definition) is 4. The minimum atomic E-state index is 0.171. The summed E-state index contributed by atoms with van der Waals surface area (Å²) in [6.45, 7) is 3.90. The van der Waals surface area contributed by atoms with Crippen LogP contribution in [0.25, 0.3) is 0 Å². The first-order valence-corrected chi connectivity index (χ1v) is 6.92. The quantitative estimate of drug-likeness (QED) is 0.919. The molecule has 1 aliphatic heterocycles. The third kappa shape index (κ3) is 2.43. The van der Waals surface area contributed by atoms with Gasteiger partial charge in [0.2, 0.25) is 0 Å². The summed E-state index contributed by atoms with van der Waals surface area (Å²) in [6.07, 6.45) is 2.20. The summed E-state index contributed by atoms with van der Waals surface area (Å²) in [6, 6.07) is 9.94.